The van der Waals surface area contributed by atoms with Crippen LogP contribution in [0.3, 0.4) is 0 Å². The minimum absolute atomic E-state index is 0.0418. The lowest BCUT2D eigenvalue weighted by Gasteiger charge is -2.33. The summed E-state index contributed by atoms with van der Waals surface area (Å²) in [5.74, 6) is -1.42. The molecule has 0 aliphatic carbocycles. The highest BCUT2D eigenvalue weighted by atomic mass is 19.1. The Kier molecular flexibility index (Phi) is 9.56. The van der Waals surface area contributed by atoms with E-state index in [-0.39, 0.29) is 30.9 Å². The molecule has 12 heteroatoms. The van der Waals surface area contributed by atoms with Gasteiger partial charge in [-0.15, -0.1) is 0 Å². The van der Waals surface area contributed by atoms with E-state index >= 15 is 0 Å². The van der Waals surface area contributed by atoms with Crippen LogP contribution in [0.4, 0.5) is 4.39 Å². The van der Waals surface area contributed by atoms with Crippen molar-refractivity contribution in [3.63, 3.8) is 0 Å². The van der Waals surface area contributed by atoms with Crippen molar-refractivity contribution in [2.75, 3.05) is 13.2 Å². The zero-order valence-corrected chi connectivity index (χ0v) is 24.2. The summed E-state index contributed by atoms with van der Waals surface area (Å²) < 4.78 is 30.8. The van der Waals surface area contributed by atoms with E-state index in [0.29, 0.717) is 40.6 Å². The van der Waals surface area contributed by atoms with Crippen molar-refractivity contribution < 1.29 is 33.3 Å². The number of carbonyl (C=O) groups excluding carboxylic acids is 1. The number of hydrogen-bond acceptors (Lipinski definition) is 8. The number of primary amides is 1. The first kappa shape index (κ1) is 31.0. The van der Waals surface area contributed by atoms with Gasteiger partial charge in [0.05, 0.1) is 30.3 Å². The average molecular weight is 612 g/mol. The number of amides is 1. The summed E-state index contributed by atoms with van der Waals surface area (Å²) in [4.78, 5) is 38.5. The molecule has 5 aromatic rings. The highest BCUT2D eigenvalue weighted by Crippen LogP contribution is 2.35. The highest BCUT2D eigenvalue weighted by molar-refractivity contribution is 5.92. The van der Waals surface area contributed by atoms with Crippen molar-refractivity contribution in [1.29, 1.82) is 0 Å². The van der Waals surface area contributed by atoms with Crippen LogP contribution in [0, 0.1) is 11.2 Å². The molecule has 1 aliphatic rings. The third-order valence-electron chi connectivity index (χ3n) is 6.84. The summed E-state index contributed by atoms with van der Waals surface area (Å²) in [5.41, 5.74) is 7.52. The molecule has 0 saturated carbocycles. The van der Waals surface area contributed by atoms with Crippen molar-refractivity contribution >= 4 is 11.9 Å². The van der Waals surface area contributed by atoms with Crippen molar-refractivity contribution in [2.24, 2.45) is 11.1 Å². The van der Waals surface area contributed by atoms with Gasteiger partial charge in [0.1, 0.15) is 17.8 Å². The predicted octanol–water partition coefficient (Wildman–Crippen LogP) is 5.17. The summed E-state index contributed by atoms with van der Waals surface area (Å²) in [7, 11) is 0. The molecular formula is C33H30FN5O6. The summed E-state index contributed by atoms with van der Waals surface area (Å²) in [5, 5.41) is 9.42. The smallest absolute Gasteiger partial charge is 0.317 e. The van der Waals surface area contributed by atoms with Crippen molar-refractivity contribution in [3.05, 3.63) is 120 Å². The minimum Gasteiger partial charge on any atom is -0.481 e. The number of aromatic amines is 1. The second-order valence-electron chi connectivity index (χ2n) is 10.4. The van der Waals surface area contributed by atoms with Gasteiger partial charge in [-0.1, -0.05) is 48.5 Å². The lowest BCUT2D eigenvalue weighted by Crippen LogP contribution is -2.42. The fourth-order valence-corrected chi connectivity index (χ4v) is 4.27. The van der Waals surface area contributed by atoms with Gasteiger partial charge in [-0.3, -0.25) is 9.59 Å². The number of benzene rings is 3. The molecule has 230 valence electrons. The van der Waals surface area contributed by atoms with E-state index in [1.807, 2.05) is 36.4 Å². The number of carboxylic acid groups (broad SMARTS) is 1. The number of nitrogens with two attached hydrogens (primary N) is 1. The Morgan fingerprint density at radius 2 is 1.62 bits per heavy atom. The molecule has 2 aromatic heterocycles. The molecule has 4 N–H and O–H groups in total. The van der Waals surface area contributed by atoms with Crippen LogP contribution in [0.25, 0.3) is 22.6 Å². The molecule has 0 unspecified atom stereocenters. The Labute approximate surface area is 257 Å². The summed E-state index contributed by atoms with van der Waals surface area (Å²) in [6, 6.07) is 26.2. The molecule has 1 amide bonds. The number of halogens is 1. The van der Waals surface area contributed by atoms with E-state index in [1.165, 1.54) is 12.1 Å². The van der Waals surface area contributed by atoms with Crippen molar-refractivity contribution in [1.82, 2.24) is 19.9 Å². The van der Waals surface area contributed by atoms with Crippen LogP contribution in [0.15, 0.2) is 97.2 Å². The maximum absolute atomic E-state index is 13.6. The van der Waals surface area contributed by atoms with E-state index < -0.39 is 17.7 Å². The molecule has 1 saturated heterocycles. The number of aromatic nitrogens is 4. The number of ether oxygens (including phenoxy) is 3. The summed E-state index contributed by atoms with van der Waals surface area (Å²) >= 11 is 0. The van der Waals surface area contributed by atoms with Crippen LogP contribution >= 0.6 is 0 Å². The Balaban J connectivity index is 0.000000383. The summed E-state index contributed by atoms with van der Waals surface area (Å²) in [6.07, 6.45) is 0.671. The second kappa shape index (κ2) is 13.9. The standard InChI is InChI=1S/C26H23FN4O5.C7H7NO/c1-26(24(32)33)14-35-23(36-15-26)22-30-20(17-7-9-18(27)10-8-17)21(31-22)19-11-12-28-25(29-19)34-13-16-5-3-2-4-6-16;8-7(9)6-4-2-1-3-5-6/h2-12,23H,13-15H2,1H3,(H,30,31)(H,32,33);1-5H,(H2,8,9). The zero-order valence-electron chi connectivity index (χ0n) is 24.2. The van der Waals surface area contributed by atoms with Crippen LogP contribution in [0.5, 0.6) is 6.01 Å². The van der Waals surface area contributed by atoms with Crippen LogP contribution in [0.1, 0.15) is 35.0 Å². The topological polar surface area (TPSA) is 163 Å². The van der Waals surface area contributed by atoms with Gasteiger partial charge in [-0.2, -0.15) is 4.98 Å². The van der Waals surface area contributed by atoms with E-state index in [9.17, 15) is 19.1 Å². The minimum atomic E-state index is -1.15. The molecular weight excluding hydrogens is 581 g/mol. The Morgan fingerprint density at radius 3 is 2.22 bits per heavy atom. The van der Waals surface area contributed by atoms with Crippen LogP contribution in [0.2, 0.25) is 0 Å². The van der Waals surface area contributed by atoms with Gasteiger partial charge in [0.15, 0.2) is 5.82 Å². The number of rotatable bonds is 8. The number of hydrogen-bond donors (Lipinski definition) is 3. The lowest BCUT2D eigenvalue weighted by molar-refractivity contribution is -0.236. The number of imidazole rings is 1. The maximum Gasteiger partial charge on any atom is 0.317 e. The maximum atomic E-state index is 13.6. The number of nitrogens with one attached hydrogen (secondary N) is 1. The highest BCUT2D eigenvalue weighted by Gasteiger charge is 2.41. The molecule has 0 radical (unpaired) electrons. The van der Waals surface area contributed by atoms with Gasteiger partial charge in [0, 0.05) is 17.3 Å². The molecule has 0 spiro atoms. The fourth-order valence-electron chi connectivity index (χ4n) is 4.27. The molecule has 0 atom stereocenters. The van der Waals surface area contributed by atoms with Gasteiger partial charge in [0.25, 0.3) is 0 Å². The molecule has 3 aromatic carbocycles. The molecule has 6 rings (SSSR count). The molecule has 1 fully saturated rings. The van der Waals surface area contributed by atoms with Crippen molar-refractivity contribution in [2.45, 2.75) is 19.8 Å². The Hall–Kier alpha value is -5.46. The van der Waals surface area contributed by atoms with Crippen molar-refractivity contribution in [3.8, 4) is 28.7 Å². The first-order valence-corrected chi connectivity index (χ1v) is 13.9. The average Bonchev–Trinajstić information content (AvgIpc) is 3.51. The third kappa shape index (κ3) is 7.74. The van der Waals surface area contributed by atoms with Crippen LogP contribution in [-0.2, 0) is 20.9 Å². The van der Waals surface area contributed by atoms with Crippen LogP contribution < -0.4 is 10.5 Å². The molecule has 11 nitrogen and oxygen atoms in total. The Morgan fingerprint density at radius 1 is 0.978 bits per heavy atom. The van der Waals surface area contributed by atoms with Crippen LogP contribution in [-0.4, -0.2) is 50.1 Å². The fraction of sp³-hybridized carbons (Fsp3) is 0.182. The molecule has 0 bridgehead atoms. The van der Waals surface area contributed by atoms with Gasteiger partial charge in [-0.25, -0.2) is 14.4 Å². The molecule has 1 aliphatic heterocycles. The zero-order chi connectivity index (χ0) is 31.8. The van der Waals surface area contributed by atoms with Gasteiger partial charge >= 0.3 is 12.0 Å². The molecule has 3 heterocycles. The van der Waals surface area contributed by atoms with E-state index in [1.54, 1.807) is 55.6 Å². The van der Waals surface area contributed by atoms with Gasteiger partial charge in [0.2, 0.25) is 12.2 Å². The second-order valence-corrected chi connectivity index (χ2v) is 10.4. The summed E-state index contributed by atoms with van der Waals surface area (Å²) in [6.45, 7) is 1.77. The number of carboxylic acids is 1. The third-order valence-corrected chi connectivity index (χ3v) is 6.84. The number of H-pyrrole nitrogens is 1. The SMILES string of the molecule is CC1(C(=O)O)COC(c2nc(-c3ccc(F)cc3)c(-c3ccnc(OCc4ccccc4)n3)[nH]2)OC1.NC(=O)c1ccccc1. The first-order chi connectivity index (χ1) is 21.7. The normalized spacial score (nSPS) is 17.5. The lowest BCUT2D eigenvalue weighted by atomic mass is 9.92. The predicted molar refractivity (Wildman–Crippen MR) is 161 cm³/mol. The first-order valence-electron chi connectivity index (χ1n) is 13.9. The largest absolute Gasteiger partial charge is 0.481 e. The van der Waals surface area contributed by atoms with E-state index in [2.05, 4.69) is 19.9 Å². The van der Waals surface area contributed by atoms with E-state index in [0.717, 1.165) is 5.56 Å². The van der Waals surface area contributed by atoms with Gasteiger partial charge < -0.3 is 30.0 Å². The number of nitrogens with zero attached hydrogens (tertiary/aromatic N) is 3. The number of carbonyl (C=O) groups is 2. The number of aliphatic carboxylic acids is 1. The van der Waals surface area contributed by atoms with Gasteiger partial charge in [-0.05, 0) is 55.0 Å². The monoisotopic (exact) mass is 611 g/mol. The quantitative estimate of drug-likeness (QED) is 0.215. The van der Waals surface area contributed by atoms with E-state index in [4.69, 9.17) is 19.9 Å². The Bertz CT molecular complexity index is 1740. The molecule has 45 heavy (non-hydrogen) atoms.